The number of nitrogens with one attached hydrogen (secondary N) is 1. The van der Waals surface area contributed by atoms with Crippen molar-refractivity contribution in [2.24, 2.45) is 5.84 Å². The van der Waals surface area contributed by atoms with Crippen molar-refractivity contribution in [1.82, 2.24) is 5.43 Å². The summed E-state index contributed by atoms with van der Waals surface area (Å²) >= 11 is 9.63. The molecule has 0 aliphatic rings. The number of rotatable bonds is 4. The summed E-state index contributed by atoms with van der Waals surface area (Å²) in [6.45, 7) is 2.05. The van der Waals surface area contributed by atoms with E-state index in [-0.39, 0.29) is 6.04 Å². The number of halogens is 2. The Morgan fingerprint density at radius 2 is 2.00 bits per heavy atom. The molecule has 0 heterocycles. The molecule has 0 aromatic heterocycles. The molecule has 3 N–H and O–H groups in total. The first-order chi connectivity index (χ1) is 9.56. The average molecular weight is 356 g/mol. The van der Waals surface area contributed by atoms with Gasteiger partial charge in [-0.3, -0.25) is 5.84 Å². The number of hydrogen-bond donors (Lipinski definition) is 2. The number of aryl methyl sites for hydroxylation is 1. The van der Waals surface area contributed by atoms with Gasteiger partial charge in [0.1, 0.15) is 5.75 Å². The first kappa shape index (κ1) is 15.3. The topological polar surface area (TPSA) is 47.3 Å². The van der Waals surface area contributed by atoms with Crippen molar-refractivity contribution in [1.29, 1.82) is 0 Å². The van der Waals surface area contributed by atoms with Crippen LogP contribution >= 0.6 is 27.5 Å². The van der Waals surface area contributed by atoms with E-state index >= 15 is 0 Å². The Balaban J connectivity index is 2.49. The lowest BCUT2D eigenvalue weighted by Crippen LogP contribution is -2.29. The van der Waals surface area contributed by atoms with Crippen LogP contribution in [0.3, 0.4) is 0 Å². The van der Waals surface area contributed by atoms with E-state index < -0.39 is 0 Å². The van der Waals surface area contributed by atoms with E-state index in [9.17, 15) is 0 Å². The zero-order valence-corrected chi connectivity index (χ0v) is 13.6. The molecule has 1 atom stereocenters. The highest BCUT2D eigenvalue weighted by molar-refractivity contribution is 9.10. The van der Waals surface area contributed by atoms with E-state index in [4.69, 9.17) is 22.2 Å². The lowest BCUT2D eigenvalue weighted by Gasteiger charge is -2.20. The van der Waals surface area contributed by atoms with Gasteiger partial charge in [0, 0.05) is 4.47 Å². The highest BCUT2D eigenvalue weighted by Gasteiger charge is 2.17. The van der Waals surface area contributed by atoms with Crippen LogP contribution < -0.4 is 16.0 Å². The average Bonchev–Trinajstić information content (AvgIpc) is 2.45. The number of hydrogen-bond acceptors (Lipinski definition) is 3. The highest BCUT2D eigenvalue weighted by atomic mass is 79.9. The van der Waals surface area contributed by atoms with Crippen molar-refractivity contribution in [2.45, 2.75) is 13.0 Å². The third-order valence-electron chi connectivity index (χ3n) is 3.14. The molecule has 20 heavy (non-hydrogen) atoms. The fourth-order valence-electron chi connectivity index (χ4n) is 2.11. The maximum atomic E-state index is 6.06. The Labute approximate surface area is 132 Å². The molecule has 0 aliphatic heterocycles. The largest absolute Gasteiger partial charge is 0.495 e. The first-order valence-electron chi connectivity index (χ1n) is 6.12. The van der Waals surface area contributed by atoms with Crippen LogP contribution in [0.25, 0.3) is 0 Å². The predicted molar refractivity (Wildman–Crippen MR) is 86.0 cm³/mol. The Morgan fingerprint density at radius 1 is 1.25 bits per heavy atom. The van der Waals surface area contributed by atoms with E-state index in [2.05, 4.69) is 27.4 Å². The Hall–Kier alpha value is -1.07. The van der Waals surface area contributed by atoms with Gasteiger partial charge in [-0.1, -0.05) is 51.3 Å². The minimum atomic E-state index is -0.143. The van der Waals surface area contributed by atoms with Gasteiger partial charge < -0.3 is 4.74 Å². The standard InChI is InChI=1S/C15H16BrClN2O/c1-9-3-5-12(16)11(7-9)15(19-18)10-4-6-13(17)14(8-10)20-2/h3-8,15,19H,18H2,1-2H3. The van der Waals surface area contributed by atoms with Crippen molar-refractivity contribution >= 4 is 27.5 Å². The van der Waals surface area contributed by atoms with E-state index in [1.165, 1.54) is 5.56 Å². The van der Waals surface area contributed by atoms with E-state index in [0.29, 0.717) is 10.8 Å². The SMILES string of the molecule is COc1cc(C(NN)c2cc(C)ccc2Br)ccc1Cl. The minimum absolute atomic E-state index is 0.143. The molecule has 0 fully saturated rings. The highest BCUT2D eigenvalue weighted by Crippen LogP contribution is 2.33. The number of ether oxygens (including phenoxy) is 1. The van der Waals surface area contributed by atoms with Gasteiger partial charge in [0.2, 0.25) is 0 Å². The van der Waals surface area contributed by atoms with Gasteiger partial charge >= 0.3 is 0 Å². The van der Waals surface area contributed by atoms with Crippen molar-refractivity contribution in [2.75, 3.05) is 7.11 Å². The summed E-state index contributed by atoms with van der Waals surface area (Å²) in [6.07, 6.45) is 0. The molecule has 3 nitrogen and oxygen atoms in total. The number of nitrogens with two attached hydrogens (primary N) is 1. The summed E-state index contributed by atoms with van der Waals surface area (Å²) in [4.78, 5) is 0. The number of hydrazine groups is 1. The minimum Gasteiger partial charge on any atom is -0.495 e. The summed E-state index contributed by atoms with van der Waals surface area (Å²) < 4.78 is 6.26. The van der Waals surface area contributed by atoms with Crippen LogP contribution in [0.4, 0.5) is 0 Å². The summed E-state index contributed by atoms with van der Waals surface area (Å²) in [6, 6.07) is 11.6. The van der Waals surface area contributed by atoms with Gasteiger partial charge in [-0.05, 0) is 36.2 Å². The second kappa shape index (κ2) is 6.59. The van der Waals surface area contributed by atoms with Crippen LogP contribution in [0, 0.1) is 6.92 Å². The summed E-state index contributed by atoms with van der Waals surface area (Å²) in [7, 11) is 1.60. The van der Waals surface area contributed by atoms with Crippen molar-refractivity contribution in [3.05, 3.63) is 62.6 Å². The molecule has 2 aromatic rings. The van der Waals surface area contributed by atoms with Crippen LogP contribution in [0.15, 0.2) is 40.9 Å². The van der Waals surface area contributed by atoms with Gasteiger partial charge in [-0.15, -0.1) is 0 Å². The lowest BCUT2D eigenvalue weighted by molar-refractivity contribution is 0.414. The van der Waals surface area contributed by atoms with E-state index in [1.807, 2.05) is 37.3 Å². The third kappa shape index (κ3) is 3.15. The first-order valence-corrected chi connectivity index (χ1v) is 7.29. The zero-order valence-electron chi connectivity index (χ0n) is 11.3. The smallest absolute Gasteiger partial charge is 0.137 e. The number of methoxy groups -OCH3 is 1. The molecule has 2 rings (SSSR count). The maximum absolute atomic E-state index is 6.06. The Kier molecular flexibility index (Phi) is 5.05. The molecule has 0 aliphatic carbocycles. The summed E-state index contributed by atoms with van der Waals surface area (Å²) in [5.41, 5.74) is 6.07. The van der Waals surface area contributed by atoms with Crippen LogP contribution in [-0.4, -0.2) is 7.11 Å². The molecule has 0 saturated heterocycles. The van der Waals surface area contributed by atoms with Gasteiger partial charge in [-0.25, -0.2) is 5.43 Å². The van der Waals surface area contributed by atoms with Crippen molar-refractivity contribution in [3.8, 4) is 5.75 Å². The Morgan fingerprint density at radius 3 is 2.65 bits per heavy atom. The molecule has 0 bridgehead atoms. The van der Waals surface area contributed by atoms with Gasteiger partial charge in [-0.2, -0.15) is 0 Å². The molecule has 1 unspecified atom stereocenters. The van der Waals surface area contributed by atoms with Crippen molar-refractivity contribution < 1.29 is 4.74 Å². The van der Waals surface area contributed by atoms with Gasteiger partial charge in [0.15, 0.2) is 0 Å². The fourth-order valence-corrected chi connectivity index (χ4v) is 2.78. The van der Waals surface area contributed by atoms with Crippen LogP contribution in [0.1, 0.15) is 22.7 Å². The van der Waals surface area contributed by atoms with Crippen LogP contribution in [0.2, 0.25) is 5.02 Å². The third-order valence-corrected chi connectivity index (χ3v) is 4.17. The van der Waals surface area contributed by atoms with Crippen molar-refractivity contribution in [3.63, 3.8) is 0 Å². The lowest BCUT2D eigenvalue weighted by atomic mass is 9.97. The molecule has 0 saturated carbocycles. The summed E-state index contributed by atoms with van der Waals surface area (Å²) in [5.74, 6) is 6.37. The fraction of sp³-hybridized carbons (Fsp3) is 0.200. The van der Waals surface area contributed by atoms with E-state index in [1.54, 1.807) is 7.11 Å². The maximum Gasteiger partial charge on any atom is 0.137 e. The van der Waals surface area contributed by atoms with Crippen LogP contribution in [-0.2, 0) is 0 Å². The number of benzene rings is 2. The Bertz CT molecular complexity index is 619. The molecule has 0 radical (unpaired) electrons. The van der Waals surface area contributed by atoms with Gasteiger partial charge in [0.25, 0.3) is 0 Å². The molecule has 0 amide bonds. The second-order valence-electron chi connectivity index (χ2n) is 4.52. The molecular weight excluding hydrogens is 340 g/mol. The quantitative estimate of drug-likeness (QED) is 0.644. The monoisotopic (exact) mass is 354 g/mol. The normalized spacial score (nSPS) is 12.2. The molecular formula is C15H16BrClN2O. The summed E-state index contributed by atoms with van der Waals surface area (Å²) in [5, 5.41) is 0.579. The zero-order chi connectivity index (χ0) is 14.7. The molecule has 0 spiro atoms. The molecule has 5 heteroatoms. The van der Waals surface area contributed by atoms with E-state index in [0.717, 1.165) is 15.6 Å². The molecule has 106 valence electrons. The van der Waals surface area contributed by atoms with Crippen LogP contribution in [0.5, 0.6) is 5.75 Å². The second-order valence-corrected chi connectivity index (χ2v) is 5.78. The van der Waals surface area contributed by atoms with Gasteiger partial charge in [0.05, 0.1) is 18.2 Å². The predicted octanol–water partition coefficient (Wildman–Crippen LogP) is 3.97. The molecule has 2 aromatic carbocycles.